The van der Waals surface area contributed by atoms with Gasteiger partial charge in [0.2, 0.25) is 0 Å². The van der Waals surface area contributed by atoms with Crippen LogP contribution in [0.1, 0.15) is 25.7 Å². The quantitative estimate of drug-likeness (QED) is 0.600. The lowest BCUT2D eigenvalue weighted by molar-refractivity contribution is -0.201. The van der Waals surface area contributed by atoms with Gasteiger partial charge in [0.25, 0.3) is 0 Å². The zero-order valence-electron chi connectivity index (χ0n) is 13.6. The van der Waals surface area contributed by atoms with Crippen molar-refractivity contribution in [3.63, 3.8) is 0 Å². The normalized spacial score (nSPS) is 25.7. The number of alkyl halides is 3. The van der Waals surface area contributed by atoms with E-state index in [9.17, 15) is 13.2 Å². The molecule has 0 aromatic carbocycles. The van der Waals surface area contributed by atoms with Gasteiger partial charge in [-0.2, -0.15) is 13.2 Å². The van der Waals surface area contributed by atoms with Crippen molar-refractivity contribution in [3.05, 3.63) is 0 Å². The summed E-state index contributed by atoms with van der Waals surface area (Å²) < 4.78 is 37.1. The van der Waals surface area contributed by atoms with Gasteiger partial charge in [0, 0.05) is 26.7 Å². The summed E-state index contributed by atoms with van der Waals surface area (Å²) >= 11 is 0. The Morgan fingerprint density at radius 2 is 1.96 bits per heavy atom. The minimum Gasteiger partial charge on any atom is -0.382 e. The van der Waals surface area contributed by atoms with Crippen LogP contribution in [0.3, 0.4) is 0 Å². The van der Waals surface area contributed by atoms with Crippen LogP contribution in [0.4, 0.5) is 13.2 Å². The lowest BCUT2D eigenvalue weighted by Gasteiger charge is -2.29. The molecular formula is C15H27F3N4O. The van der Waals surface area contributed by atoms with Crippen LogP contribution in [-0.4, -0.2) is 79.5 Å². The van der Waals surface area contributed by atoms with E-state index in [1.807, 2.05) is 4.90 Å². The Kier molecular flexibility index (Phi) is 6.52. The number of aliphatic imine (C=N–C) groups is 1. The molecule has 0 bridgehead atoms. The number of halogens is 3. The molecule has 0 aromatic heterocycles. The van der Waals surface area contributed by atoms with Crippen LogP contribution in [0.15, 0.2) is 4.99 Å². The summed E-state index contributed by atoms with van der Waals surface area (Å²) in [4.78, 5) is 8.52. The lowest BCUT2D eigenvalue weighted by atomic mass is 10.1. The number of piperidine rings is 1. The monoisotopic (exact) mass is 336 g/mol. The summed E-state index contributed by atoms with van der Waals surface area (Å²) in [6, 6.07) is 0. The van der Waals surface area contributed by atoms with Crippen molar-refractivity contribution in [3.8, 4) is 0 Å². The molecule has 134 valence electrons. The smallest absolute Gasteiger partial charge is 0.382 e. The number of guanidine groups is 1. The van der Waals surface area contributed by atoms with Crippen molar-refractivity contribution in [2.45, 2.75) is 38.0 Å². The Morgan fingerprint density at radius 3 is 2.57 bits per heavy atom. The summed E-state index contributed by atoms with van der Waals surface area (Å²) in [6.45, 7) is 4.39. The standard InChI is InChI=1S/C15H27F3N4O/c1-19-14(20-9-13(23)15(16,17)18)22-8-5-12(11-22)10-21-6-3-2-4-7-21/h12-13,23H,2-11H2,1H3,(H,19,20). The molecule has 2 unspecified atom stereocenters. The molecule has 0 saturated carbocycles. The minimum absolute atomic E-state index is 0.439. The molecule has 2 saturated heterocycles. The van der Waals surface area contributed by atoms with Crippen LogP contribution in [-0.2, 0) is 0 Å². The van der Waals surface area contributed by atoms with Gasteiger partial charge in [-0.1, -0.05) is 6.42 Å². The molecular weight excluding hydrogens is 309 g/mol. The molecule has 8 heteroatoms. The fraction of sp³-hybridized carbons (Fsp3) is 0.933. The van der Waals surface area contributed by atoms with Gasteiger partial charge in [-0.05, 0) is 38.3 Å². The number of hydrogen-bond acceptors (Lipinski definition) is 3. The van der Waals surface area contributed by atoms with Crippen LogP contribution in [0.25, 0.3) is 0 Å². The van der Waals surface area contributed by atoms with E-state index in [1.165, 1.54) is 19.3 Å². The first-order chi connectivity index (χ1) is 10.9. The van der Waals surface area contributed by atoms with Crippen molar-refractivity contribution in [1.82, 2.24) is 15.1 Å². The van der Waals surface area contributed by atoms with Gasteiger partial charge in [0.15, 0.2) is 12.1 Å². The van der Waals surface area contributed by atoms with Crippen molar-refractivity contribution in [2.75, 3.05) is 46.3 Å². The van der Waals surface area contributed by atoms with Crippen molar-refractivity contribution in [2.24, 2.45) is 10.9 Å². The Morgan fingerprint density at radius 1 is 1.26 bits per heavy atom. The molecule has 5 nitrogen and oxygen atoms in total. The number of nitrogens with zero attached hydrogens (tertiary/aromatic N) is 3. The zero-order valence-corrected chi connectivity index (χ0v) is 13.6. The van der Waals surface area contributed by atoms with Crippen LogP contribution >= 0.6 is 0 Å². The summed E-state index contributed by atoms with van der Waals surface area (Å²) in [5.74, 6) is 0.966. The maximum Gasteiger partial charge on any atom is 0.416 e. The van der Waals surface area contributed by atoms with Crippen LogP contribution in [0.2, 0.25) is 0 Å². The molecule has 2 heterocycles. The second kappa shape index (κ2) is 8.19. The third kappa shape index (κ3) is 5.53. The first-order valence-electron chi connectivity index (χ1n) is 8.33. The summed E-state index contributed by atoms with van der Waals surface area (Å²) in [5, 5.41) is 11.7. The van der Waals surface area contributed by atoms with Crippen molar-refractivity contribution >= 4 is 5.96 Å². The van der Waals surface area contributed by atoms with Gasteiger partial charge in [-0.25, -0.2) is 0 Å². The third-order valence-electron chi connectivity index (χ3n) is 4.59. The molecule has 2 N–H and O–H groups in total. The molecule has 0 amide bonds. The molecule has 0 radical (unpaired) electrons. The van der Waals surface area contributed by atoms with Gasteiger partial charge >= 0.3 is 6.18 Å². The van der Waals surface area contributed by atoms with E-state index in [2.05, 4.69) is 15.2 Å². The topological polar surface area (TPSA) is 51.1 Å². The molecule has 0 spiro atoms. The zero-order chi connectivity index (χ0) is 16.9. The predicted octanol–water partition coefficient (Wildman–Crippen LogP) is 1.29. The van der Waals surface area contributed by atoms with E-state index in [0.717, 1.165) is 39.1 Å². The van der Waals surface area contributed by atoms with E-state index >= 15 is 0 Å². The Bertz CT molecular complexity index is 397. The Labute approximate surface area is 135 Å². The summed E-state index contributed by atoms with van der Waals surface area (Å²) in [6.07, 6.45) is -2.12. The molecule has 2 rings (SSSR count). The van der Waals surface area contributed by atoms with E-state index < -0.39 is 18.8 Å². The molecule has 0 aliphatic carbocycles. The van der Waals surface area contributed by atoms with Gasteiger partial charge in [-0.3, -0.25) is 4.99 Å². The summed E-state index contributed by atoms with van der Waals surface area (Å²) in [5.41, 5.74) is 0. The highest BCUT2D eigenvalue weighted by Crippen LogP contribution is 2.21. The fourth-order valence-corrected chi connectivity index (χ4v) is 3.32. The van der Waals surface area contributed by atoms with Crippen molar-refractivity contribution in [1.29, 1.82) is 0 Å². The largest absolute Gasteiger partial charge is 0.416 e. The van der Waals surface area contributed by atoms with E-state index in [0.29, 0.717) is 11.9 Å². The fourth-order valence-electron chi connectivity index (χ4n) is 3.32. The van der Waals surface area contributed by atoms with Gasteiger partial charge < -0.3 is 20.2 Å². The number of likely N-dealkylation sites (tertiary alicyclic amines) is 2. The Hall–Kier alpha value is -1.02. The number of hydrogen-bond donors (Lipinski definition) is 2. The minimum atomic E-state index is -4.60. The predicted molar refractivity (Wildman–Crippen MR) is 83.4 cm³/mol. The van der Waals surface area contributed by atoms with Crippen LogP contribution < -0.4 is 5.32 Å². The number of aliphatic hydroxyl groups is 1. The van der Waals surface area contributed by atoms with Crippen molar-refractivity contribution < 1.29 is 18.3 Å². The SMILES string of the molecule is CN=C(NCC(O)C(F)(F)F)N1CCC(CN2CCCCC2)C1. The number of nitrogens with one attached hydrogen (secondary N) is 1. The highest BCUT2D eigenvalue weighted by atomic mass is 19.4. The average Bonchev–Trinajstić information content (AvgIpc) is 2.96. The van der Waals surface area contributed by atoms with Gasteiger partial charge in [-0.15, -0.1) is 0 Å². The van der Waals surface area contributed by atoms with Crippen LogP contribution in [0, 0.1) is 5.92 Å². The number of aliphatic hydroxyl groups excluding tert-OH is 1. The maximum absolute atomic E-state index is 12.4. The van der Waals surface area contributed by atoms with E-state index in [-0.39, 0.29) is 0 Å². The number of rotatable bonds is 4. The molecule has 2 aliphatic rings. The summed E-state index contributed by atoms with van der Waals surface area (Å²) in [7, 11) is 1.56. The van der Waals surface area contributed by atoms with Gasteiger partial charge in [0.05, 0.1) is 6.54 Å². The lowest BCUT2D eigenvalue weighted by Crippen LogP contribution is -2.46. The average molecular weight is 336 g/mol. The van der Waals surface area contributed by atoms with Crippen LogP contribution in [0.5, 0.6) is 0 Å². The highest BCUT2D eigenvalue weighted by molar-refractivity contribution is 5.80. The third-order valence-corrected chi connectivity index (χ3v) is 4.59. The molecule has 23 heavy (non-hydrogen) atoms. The first-order valence-corrected chi connectivity index (χ1v) is 8.33. The first kappa shape index (κ1) is 18.3. The molecule has 0 aromatic rings. The highest BCUT2D eigenvalue weighted by Gasteiger charge is 2.38. The second-order valence-electron chi connectivity index (χ2n) is 6.45. The second-order valence-corrected chi connectivity index (χ2v) is 6.45. The van der Waals surface area contributed by atoms with Gasteiger partial charge in [0.1, 0.15) is 0 Å². The van der Waals surface area contributed by atoms with E-state index in [1.54, 1.807) is 7.05 Å². The van der Waals surface area contributed by atoms with E-state index in [4.69, 9.17) is 5.11 Å². The molecule has 2 aliphatic heterocycles. The molecule has 2 fully saturated rings. The molecule has 2 atom stereocenters. The maximum atomic E-state index is 12.4. The Balaban J connectivity index is 1.77.